The van der Waals surface area contributed by atoms with Crippen LogP contribution in [0.25, 0.3) is 6.08 Å². The van der Waals surface area contributed by atoms with Crippen LogP contribution in [-0.4, -0.2) is 24.7 Å². The van der Waals surface area contributed by atoms with Crippen molar-refractivity contribution in [3.8, 4) is 17.2 Å². The molecule has 0 bridgehead atoms. The number of hydrogen-bond acceptors (Lipinski definition) is 4. The van der Waals surface area contributed by atoms with Gasteiger partial charge in [-0.1, -0.05) is 328 Å². The van der Waals surface area contributed by atoms with E-state index in [4.69, 9.17) is 26.4 Å². The Labute approximate surface area is 454 Å². The van der Waals surface area contributed by atoms with Crippen molar-refractivity contribution < 1.29 is 14.2 Å². The molecule has 2 aromatic rings. The number of benzene rings is 2. The largest absolute Gasteiger partial charge is 0.490 e. The van der Waals surface area contributed by atoms with Gasteiger partial charge in [-0.3, -0.25) is 0 Å². The second-order valence-corrected chi connectivity index (χ2v) is 22.9. The van der Waals surface area contributed by atoms with Gasteiger partial charge in [0.1, 0.15) is 0 Å². The molecule has 0 radical (unpaired) electrons. The van der Waals surface area contributed by atoms with E-state index in [1.807, 2.05) is 0 Å². The molecule has 0 saturated carbocycles. The molecule has 0 heterocycles. The minimum absolute atomic E-state index is 0.690. The lowest BCUT2D eigenvalue weighted by molar-refractivity contribution is 0.234. The predicted octanol–water partition coefficient (Wildman–Crippen LogP) is 23.3. The lowest BCUT2D eigenvalue weighted by Crippen LogP contribution is -2.07. The fourth-order valence-corrected chi connectivity index (χ4v) is 10.3. The van der Waals surface area contributed by atoms with Gasteiger partial charge in [-0.15, -0.1) is 0 Å². The number of unbranched alkanes of at least 4 members (excludes halogenated alkanes) is 38. The molecule has 0 fully saturated rings. The van der Waals surface area contributed by atoms with Gasteiger partial charge in [0.15, 0.2) is 11.5 Å². The average Bonchev–Trinajstić information content (AvgIpc) is 3.38. The van der Waals surface area contributed by atoms with Crippen molar-refractivity contribution in [1.82, 2.24) is 0 Å². The summed E-state index contributed by atoms with van der Waals surface area (Å²) in [5, 5.41) is 0. The van der Waals surface area contributed by atoms with E-state index in [1.165, 1.54) is 262 Å². The van der Waals surface area contributed by atoms with Crippen LogP contribution in [-0.2, 0) is 6.42 Å². The zero-order valence-corrected chi connectivity index (χ0v) is 49.4. The summed E-state index contributed by atoms with van der Waals surface area (Å²) >= 11 is 6.01. The highest BCUT2D eigenvalue weighted by Crippen LogP contribution is 2.40. The summed E-state index contributed by atoms with van der Waals surface area (Å²) in [5.41, 5.74) is 3.55. The van der Waals surface area contributed by atoms with E-state index < -0.39 is 0 Å². The predicted molar refractivity (Wildman–Crippen MR) is 324 cm³/mol. The number of rotatable bonds is 54. The SMILES string of the molecule is CCCCCCCCCCCCCCCOc1cc(C=CC(=S)c2ccc(CCCCCC(C)C)cc2)cc(OCCCCCCCCCCCCCCC)c1OCCCCCCCCCCCCCCC. The van der Waals surface area contributed by atoms with E-state index in [9.17, 15) is 0 Å². The van der Waals surface area contributed by atoms with E-state index in [-0.39, 0.29) is 0 Å². The molecule has 0 aromatic heterocycles. The van der Waals surface area contributed by atoms with E-state index in [2.05, 4.69) is 83.2 Å². The molecule has 3 nitrogen and oxygen atoms in total. The van der Waals surface area contributed by atoms with E-state index in [0.717, 1.165) is 64.8 Å². The summed E-state index contributed by atoms with van der Waals surface area (Å²) in [5.74, 6) is 3.21. The Bertz CT molecular complexity index is 1460. The summed E-state index contributed by atoms with van der Waals surface area (Å²) in [6.07, 6.45) is 63.0. The molecule has 0 aliphatic heterocycles. The molecule has 0 atom stereocenters. The molecule has 0 aliphatic carbocycles. The molecule has 4 heteroatoms. The Morgan fingerprint density at radius 1 is 0.403 bits per heavy atom. The van der Waals surface area contributed by atoms with Crippen molar-refractivity contribution in [2.75, 3.05) is 19.8 Å². The summed E-state index contributed by atoms with van der Waals surface area (Å²) < 4.78 is 20.1. The molecule has 0 aliphatic rings. The first-order chi connectivity index (χ1) is 35.5. The Hall–Kier alpha value is -2.33. The maximum atomic E-state index is 6.72. The molecular weight excluding hydrogens is 897 g/mol. The third-order valence-electron chi connectivity index (χ3n) is 15.0. The molecule has 2 aromatic carbocycles. The maximum Gasteiger partial charge on any atom is 0.203 e. The normalized spacial score (nSPS) is 11.6. The first-order valence-electron chi connectivity index (χ1n) is 31.9. The topological polar surface area (TPSA) is 27.7 Å². The third-order valence-corrected chi connectivity index (χ3v) is 15.3. The third kappa shape index (κ3) is 38.3. The number of thiocarbonyl (C=S) groups is 1. The first-order valence-corrected chi connectivity index (χ1v) is 32.3. The Kier molecular flexibility index (Phi) is 45.3. The highest BCUT2D eigenvalue weighted by Gasteiger charge is 2.16. The van der Waals surface area contributed by atoms with Gasteiger partial charge in [0.25, 0.3) is 0 Å². The van der Waals surface area contributed by atoms with Crippen LogP contribution in [0.5, 0.6) is 17.2 Å². The van der Waals surface area contributed by atoms with Crippen molar-refractivity contribution in [3.63, 3.8) is 0 Å². The number of allylic oxidation sites excluding steroid dienone is 1. The lowest BCUT2D eigenvalue weighted by atomic mass is 10.0. The molecule has 0 N–H and O–H groups in total. The summed E-state index contributed by atoms with van der Waals surface area (Å²) in [4.78, 5) is 0.852. The zero-order valence-electron chi connectivity index (χ0n) is 48.6. The van der Waals surface area contributed by atoms with Crippen LogP contribution in [0.3, 0.4) is 0 Å². The van der Waals surface area contributed by atoms with Crippen LogP contribution in [0.15, 0.2) is 42.5 Å². The molecule has 2 rings (SSSR count). The van der Waals surface area contributed by atoms with E-state index in [0.29, 0.717) is 19.8 Å². The Morgan fingerprint density at radius 2 is 0.722 bits per heavy atom. The highest BCUT2D eigenvalue weighted by molar-refractivity contribution is 7.81. The van der Waals surface area contributed by atoms with Gasteiger partial charge in [0.2, 0.25) is 5.75 Å². The fourth-order valence-electron chi connectivity index (χ4n) is 10.1. The van der Waals surface area contributed by atoms with Crippen LogP contribution in [0, 0.1) is 5.92 Å². The standard InChI is InChI=1S/C68H118O3S/c1-6-9-12-15-18-21-24-27-30-33-36-39-45-56-69-65-59-63(52-55-67(72)64-53-50-62(51-54-64)49-44-42-43-48-61(4)5)60-66(70-57-46-40-37-34-31-28-25-22-19-16-13-10-7-2)68(65)71-58-47-41-38-35-32-29-26-23-20-17-14-11-8-3/h50-55,59-61H,6-49,56-58H2,1-5H3. The number of ether oxygens (including phenoxy) is 3. The van der Waals surface area contributed by atoms with Crippen molar-refractivity contribution in [3.05, 3.63) is 59.2 Å². The second-order valence-electron chi connectivity index (χ2n) is 22.5. The quantitative estimate of drug-likeness (QED) is 0.0286. The molecule has 414 valence electrons. The van der Waals surface area contributed by atoms with Gasteiger partial charge >= 0.3 is 0 Å². The Morgan fingerprint density at radius 3 is 1.07 bits per heavy atom. The molecule has 0 saturated heterocycles. The summed E-state index contributed by atoms with van der Waals surface area (Å²) in [6.45, 7) is 13.6. The zero-order chi connectivity index (χ0) is 51.6. The van der Waals surface area contributed by atoms with Crippen molar-refractivity contribution in [1.29, 1.82) is 0 Å². The molecule has 0 spiro atoms. The van der Waals surface area contributed by atoms with Crippen LogP contribution in [0.2, 0.25) is 0 Å². The van der Waals surface area contributed by atoms with Crippen LogP contribution in [0.1, 0.15) is 327 Å². The van der Waals surface area contributed by atoms with Crippen LogP contribution < -0.4 is 14.2 Å². The highest BCUT2D eigenvalue weighted by atomic mass is 32.1. The van der Waals surface area contributed by atoms with Gasteiger partial charge in [0, 0.05) is 4.86 Å². The maximum absolute atomic E-state index is 6.72. The minimum atomic E-state index is 0.690. The smallest absolute Gasteiger partial charge is 0.203 e. The number of aryl methyl sites for hydroxylation is 1. The Balaban J connectivity index is 2.07. The summed E-state index contributed by atoms with van der Waals surface area (Å²) in [7, 11) is 0. The van der Waals surface area contributed by atoms with Gasteiger partial charge < -0.3 is 14.2 Å². The van der Waals surface area contributed by atoms with Gasteiger partial charge in [-0.2, -0.15) is 0 Å². The molecule has 72 heavy (non-hydrogen) atoms. The first kappa shape index (κ1) is 65.8. The van der Waals surface area contributed by atoms with Gasteiger partial charge in [-0.05, 0) is 72.9 Å². The fraction of sp³-hybridized carbons (Fsp3) is 0.779. The van der Waals surface area contributed by atoms with Gasteiger partial charge in [-0.25, -0.2) is 0 Å². The monoisotopic (exact) mass is 1010 g/mol. The molecule has 0 amide bonds. The molecular formula is C68H118O3S. The molecule has 0 unspecified atom stereocenters. The van der Waals surface area contributed by atoms with Crippen molar-refractivity contribution >= 4 is 23.2 Å². The number of hydrogen-bond donors (Lipinski definition) is 0. The summed E-state index contributed by atoms with van der Waals surface area (Å²) in [6, 6.07) is 13.3. The minimum Gasteiger partial charge on any atom is -0.490 e. The van der Waals surface area contributed by atoms with Crippen LogP contribution >= 0.6 is 12.2 Å². The van der Waals surface area contributed by atoms with Crippen molar-refractivity contribution in [2.45, 2.75) is 317 Å². The van der Waals surface area contributed by atoms with E-state index in [1.54, 1.807) is 0 Å². The van der Waals surface area contributed by atoms with Crippen LogP contribution in [0.4, 0.5) is 0 Å². The van der Waals surface area contributed by atoms with Crippen molar-refractivity contribution in [2.24, 2.45) is 5.92 Å². The average molecular weight is 1020 g/mol. The lowest BCUT2D eigenvalue weighted by Gasteiger charge is -2.18. The van der Waals surface area contributed by atoms with E-state index >= 15 is 0 Å². The van der Waals surface area contributed by atoms with Gasteiger partial charge in [0.05, 0.1) is 19.8 Å². The second kappa shape index (κ2) is 49.5.